The number of carboxylic acids is 1. The molecule has 0 amide bonds. The lowest BCUT2D eigenvalue weighted by Crippen LogP contribution is -2.15. The Hall–Kier alpha value is -3.90. The minimum absolute atomic E-state index is 0.0557. The van der Waals surface area contributed by atoms with Crippen molar-refractivity contribution in [2.75, 3.05) is 5.73 Å². The standard InChI is InChI=1S/C11H6F3NO3.C10H9NO3S/c12-11(13,14)5-1-2-6-8(3-5)15-4-7(9(6)16)10(17)18;11-9-3-1-7-2-4-10(15(12,13)14)6-8(7)5-9/h1-4H,(H,15,16)(H,17,18);1-6H,11H2,(H,12,13,14). The lowest BCUT2D eigenvalue weighted by atomic mass is 10.1. The molecule has 5 N–H and O–H groups in total. The van der Waals surface area contributed by atoms with Gasteiger partial charge in [0, 0.05) is 22.8 Å². The summed E-state index contributed by atoms with van der Waals surface area (Å²) in [7, 11) is -4.15. The summed E-state index contributed by atoms with van der Waals surface area (Å²) in [4.78, 5) is 24.6. The van der Waals surface area contributed by atoms with Crippen molar-refractivity contribution in [2.24, 2.45) is 0 Å². The number of nitrogens with two attached hydrogens (primary N) is 1. The average Bonchev–Trinajstić information content (AvgIpc) is 2.72. The summed E-state index contributed by atoms with van der Waals surface area (Å²) in [6.45, 7) is 0. The topological polar surface area (TPSA) is 151 Å². The number of aromatic nitrogens is 1. The van der Waals surface area contributed by atoms with E-state index in [-0.39, 0.29) is 15.8 Å². The van der Waals surface area contributed by atoms with Crippen molar-refractivity contribution < 1.29 is 36.0 Å². The van der Waals surface area contributed by atoms with Crippen LogP contribution in [0.3, 0.4) is 0 Å². The monoisotopic (exact) mass is 480 g/mol. The van der Waals surface area contributed by atoms with Crippen LogP contribution in [0.2, 0.25) is 0 Å². The van der Waals surface area contributed by atoms with Gasteiger partial charge < -0.3 is 15.8 Å². The van der Waals surface area contributed by atoms with Crippen LogP contribution < -0.4 is 11.2 Å². The molecule has 1 aromatic heterocycles. The molecule has 0 atom stereocenters. The number of carbonyl (C=O) groups is 1. The zero-order chi connectivity index (χ0) is 24.6. The van der Waals surface area contributed by atoms with E-state index in [4.69, 9.17) is 15.4 Å². The zero-order valence-corrected chi connectivity index (χ0v) is 17.2. The van der Waals surface area contributed by atoms with Crippen molar-refractivity contribution in [3.63, 3.8) is 0 Å². The first-order chi connectivity index (χ1) is 15.3. The third-order valence-electron chi connectivity index (χ3n) is 4.57. The SMILES string of the molecule is Nc1ccc2ccc(S(=O)(=O)O)cc2c1.O=C(O)c1c[nH]c2cc(C(F)(F)F)ccc2c1=O. The van der Waals surface area contributed by atoms with Crippen LogP contribution in [0.4, 0.5) is 18.9 Å². The number of anilines is 1. The lowest BCUT2D eigenvalue weighted by molar-refractivity contribution is -0.137. The molecular formula is C21H15F3N2O6S. The third kappa shape index (κ3) is 5.30. The molecule has 33 heavy (non-hydrogen) atoms. The van der Waals surface area contributed by atoms with Gasteiger partial charge in [-0.15, -0.1) is 0 Å². The first-order valence-electron chi connectivity index (χ1n) is 9.00. The number of fused-ring (bicyclic) bond motifs is 2. The molecule has 0 saturated carbocycles. The molecule has 0 aliphatic heterocycles. The highest BCUT2D eigenvalue weighted by atomic mass is 32.2. The van der Waals surface area contributed by atoms with Gasteiger partial charge in [-0.2, -0.15) is 21.6 Å². The second kappa shape index (κ2) is 8.56. The Kier molecular flexibility index (Phi) is 6.16. The van der Waals surface area contributed by atoms with E-state index in [1.165, 1.54) is 12.1 Å². The number of hydrogen-bond donors (Lipinski definition) is 4. The number of pyridine rings is 1. The van der Waals surface area contributed by atoms with Gasteiger partial charge in [-0.1, -0.05) is 12.1 Å². The van der Waals surface area contributed by atoms with E-state index in [9.17, 15) is 31.2 Å². The Balaban J connectivity index is 0.000000189. The molecule has 4 aromatic rings. The van der Waals surface area contributed by atoms with Crippen molar-refractivity contribution in [1.29, 1.82) is 0 Å². The fourth-order valence-corrected chi connectivity index (χ4v) is 3.48. The molecule has 8 nitrogen and oxygen atoms in total. The smallest absolute Gasteiger partial charge is 0.416 e. The maximum Gasteiger partial charge on any atom is 0.416 e. The van der Waals surface area contributed by atoms with E-state index in [2.05, 4.69) is 4.98 Å². The number of halogens is 3. The number of hydrogen-bond acceptors (Lipinski definition) is 5. The molecule has 4 rings (SSSR count). The van der Waals surface area contributed by atoms with Gasteiger partial charge in [0.05, 0.1) is 10.5 Å². The number of benzene rings is 3. The first-order valence-corrected chi connectivity index (χ1v) is 10.4. The average molecular weight is 480 g/mol. The van der Waals surface area contributed by atoms with Crippen LogP contribution in [0.1, 0.15) is 15.9 Å². The Morgan fingerprint density at radius 3 is 2.24 bits per heavy atom. The van der Waals surface area contributed by atoms with Gasteiger partial charge >= 0.3 is 12.1 Å². The van der Waals surface area contributed by atoms with Gasteiger partial charge in [0.15, 0.2) is 0 Å². The van der Waals surface area contributed by atoms with Crippen LogP contribution in [-0.4, -0.2) is 29.0 Å². The summed E-state index contributed by atoms with van der Waals surface area (Å²) in [6, 6.07) is 12.0. The van der Waals surface area contributed by atoms with Crippen LogP contribution in [0.5, 0.6) is 0 Å². The number of H-pyrrole nitrogens is 1. The fraction of sp³-hybridized carbons (Fsp3) is 0.0476. The highest BCUT2D eigenvalue weighted by Crippen LogP contribution is 2.30. The first kappa shape index (κ1) is 23.8. The van der Waals surface area contributed by atoms with Crippen LogP contribution in [-0.2, 0) is 16.3 Å². The number of carboxylic acid groups (broad SMARTS) is 1. The van der Waals surface area contributed by atoms with Crippen molar-refractivity contribution in [3.05, 3.63) is 82.1 Å². The van der Waals surface area contributed by atoms with Crippen molar-refractivity contribution in [1.82, 2.24) is 4.98 Å². The highest BCUT2D eigenvalue weighted by molar-refractivity contribution is 7.85. The second-order valence-electron chi connectivity index (χ2n) is 6.84. The van der Waals surface area contributed by atoms with Crippen molar-refractivity contribution in [2.45, 2.75) is 11.1 Å². The predicted molar refractivity (Wildman–Crippen MR) is 115 cm³/mol. The number of alkyl halides is 3. The summed E-state index contributed by atoms with van der Waals surface area (Å²) in [6.07, 6.45) is -3.64. The second-order valence-corrected chi connectivity index (χ2v) is 8.26. The Bertz CT molecular complexity index is 1550. The molecule has 1 heterocycles. The molecule has 0 spiro atoms. The summed E-state index contributed by atoms with van der Waals surface area (Å²) in [5.41, 5.74) is 3.83. The molecule has 0 bridgehead atoms. The third-order valence-corrected chi connectivity index (χ3v) is 5.42. The minimum atomic E-state index is -4.52. The van der Waals surface area contributed by atoms with E-state index < -0.39 is 38.8 Å². The molecule has 0 radical (unpaired) electrons. The summed E-state index contributed by atoms with van der Waals surface area (Å²) in [5, 5.41) is 10.2. The number of nitrogen functional groups attached to an aromatic ring is 1. The van der Waals surface area contributed by atoms with E-state index in [0.717, 1.165) is 29.8 Å². The van der Waals surface area contributed by atoms with Gasteiger partial charge in [-0.05, 0) is 53.2 Å². The van der Waals surface area contributed by atoms with Gasteiger partial charge in [-0.3, -0.25) is 9.35 Å². The number of aromatic amines is 1. The quantitative estimate of drug-likeness (QED) is 0.251. The molecule has 0 aliphatic rings. The molecule has 12 heteroatoms. The van der Waals surface area contributed by atoms with Crippen LogP contribution >= 0.6 is 0 Å². The summed E-state index contributed by atoms with van der Waals surface area (Å²) >= 11 is 0. The Labute approximate surface area is 183 Å². The van der Waals surface area contributed by atoms with Crippen LogP contribution in [0.25, 0.3) is 21.7 Å². The van der Waals surface area contributed by atoms with Crippen molar-refractivity contribution >= 4 is 43.5 Å². The van der Waals surface area contributed by atoms with Crippen LogP contribution in [0, 0.1) is 0 Å². The molecule has 172 valence electrons. The normalized spacial score (nSPS) is 11.8. The minimum Gasteiger partial charge on any atom is -0.477 e. The van der Waals surface area contributed by atoms with Gasteiger partial charge in [0.2, 0.25) is 5.43 Å². The van der Waals surface area contributed by atoms with E-state index in [1.54, 1.807) is 24.3 Å². The molecule has 0 aliphatic carbocycles. The fourth-order valence-electron chi connectivity index (χ4n) is 2.96. The molecule has 0 fully saturated rings. The molecule has 0 saturated heterocycles. The van der Waals surface area contributed by atoms with Crippen molar-refractivity contribution in [3.8, 4) is 0 Å². The number of nitrogens with one attached hydrogen (secondary N) is 1. The lowest BCUT2D eigenvalue weighted by Gasteiger charge is -2.07. The largest absolute Gasteiger partial charge is 0.477 e. The van der Waals surface area contributed by atoms with E-state index >= 15 is 0 Å². The zero-order valence-electron chi connectivity index (χ0n) is 16.4. The van der Waals surface area contributed by atoms with Gasteiger partial charge in [0.25, 0.3) is 10.1 Å². The predicted octanol–water partition coefficient (Wildman–Crippen LogP) is 3.91. The number of aromatic carboxylic acids is 1. The summed E-state index contributed by atoms with van der Waals surface area (Å²) in [5.74, 6) is -1.43. The maximum absolute atomic E-state index is 12.4. The van der Waals surface area contributed by atoms with Gasteiger partial charge in [-0.25, -0.2) is 4.79 Å². The van der Waals surface area contributed by atoms with Gasteiger partial charge in [0.1, 0.15) is 5.56 Å². The summed E-state index contributed by atoms with van der Waals surface area (Å²) < 4.78 is 67.9. The van der Waals surface area contributed by atoms with E-state index in [1.807, 2.05) is 0 Å². The van der Waals surface area contributed by atoms with Crippen LogP contribution in [0.15, 0.2) is 70.5 Å². The number of rotatable bonds is 2. The van der Waals surface area contributed by atoms with E-state index in [0.29, 0.717) is 11.1 Å². The maximum atomic E-state index is 12.4. The molecular weight excluding hydrogens is 465 g/mol. The molecule has 0 unspecified atom stereocenters. The highest BCUT2D eigenvalue weighted by Gasteiger charge is 2.30. The molecule has 3 aromatic carbocycles. The Morgan fingerprint density at radius 1 is 0.970 bits per heavy atom. The Morgan fingerprint density at radius 2 is 1.64 bits per heavy atom.